The van der Waals surface area contributed by atoms with Crippen molar-refractivity contribution >= 4 is 11.7 Å². The molecule has 1 aromatic heterocycles. The molecule has 6 heteroatoms. The first-order valence-corrected chi connectivity index (χ1v) is 6.92. The molecule has 1 unspecified atom stereocenters. The van der Waals surface area contributed by atoms with E-state index in [9.17, 15) is 9.90 Å². The minimum absolute atomic E-state index is 0.0160. The van der Waals surface area contributed by atoms with E-state index in [0.29, 0.717) is 12.2 Å². The summed E-state index contributed by atoms with van der Waals surface area (Å²) in [6.07, 6.45) is 2.88. The molecular weight excluding hydrogens is 256 g/mol. The number of anilines is 1. The van der Waals surface area contributed by atoms with E-state index in [4.69, 9.17) is 0 Å². The van der Waals surface area contributed by atoms with Crippen molar-refractivity contribution in [2.24, 2.45) is 0 Å². The Hall–Kier alpha value is -1.56. The van der Waals surface area contributed by atoms with E-state index in [1.54, 1.807) is 28.9 Å². The molecule has 2 amide bonds. The molecule has 20 heavy (non-hydrogen) atoms. The molecule has 0 fully saturated rings. The van der Waals surface area contributed by atoms with Crippen molar-refractivity contribution < 1.29 is 9.90 Å². The van der Waals surface area contributed by atoms with Crippen molar-refractivity contribution in [3.63, 3.8) is 0 Å². The van der Waals surface area contributed by atoms with Gasteiger partial charge in [-0.25, -0.2) is 4.79 Å². The molecule has 2 N–H and O–H groups in total. The maximum absolute atomic E-state index is 12.2. The van der Waals surface area contributed by atoms with Gasteiger partial charge in [0.25, 0.3) is 0 Å². The third-order valence-electron chi connectivity index (χ3n) is 2.87. The number of nitrogens with zero attached hydrogens (tertiary/aromatic N) is 3. The topological polar surface area (TPSA) is 70.4 Å². The molecule has 6 nitrogen and oxygen atoms in total. The normalized spacial score (nSPS) is 13.4. The number of rotatable bonds is 4. The summed E-state index contributed by atoms with van der Waals surface area (Å²) >= 11 is 0. The third-order valence-corrected chi connectivity index (χ3v) is 2.87. The van der Waals surface area contributed by atoms with Crippen molar-refractivity contribution in [3.05, 3.63) is 12.4 Å². The van der Waals surface area contributed by atoms with Gasteiger partial charge in [-0.3, -0.25) is 4.68 Å². The number of amides is 2. The largest absolute Gasteiger partial charge is 0.392 e. The second kappa shape index (κ2) is 6.26. The molecule has 0 aliphatic heterocycles. The number of urea groups is 1. The lowest BCUT2D eigenvalue weighted by molar-refractivity contribution is 0.125. The Bertz CT molecular complexity index is 446. The number of nitrogens with one attached hydrogen (secondary N) is 1. The molecule has 114 valence electrons. The van der Waals surface area contributed by atoms with E-state index in [0.717, 1.165) is 0 Å². The molecule has 1 heterocycles. The number of carbonyl (C=O) groups is 1. The van der Waals surface area contributed by atoms with Gasteiger partial charge in [-0.05, 0) is 41.5 Å². The fourth-order valence-electron chi connectivity index (χ4n) is 1.76. The highest BCUT2D eigenvalue weighted by atomic mass is 16.3. The van der Waals surface area contributed by atoms with Gasteiger partial charge < -0.3 is 15.3 Å². The van der Waals surface area contributed by atoms with Crippen molar-refractivity contribution in [1.82, 2.24) is 14.7 Å². The van der Waals surface area contributed by atoms with Crippen molar-refractivity contribution in [2.45, 2.75) is 59.2 Å². The summed E-state index contributed by atoms with van der Waals surface area (Å²) in [6, 6.07) is -0.211. The van der Waals surface area contributed by atoms with E-state index in [2.05, 4.69) is 10.4 Å². The van der Waals surface area contributed by atoms with Crippen LogP contribution in [0.2, 0.25) is 0 Å². The van der Waals surface area contributed by atoms with E-state index in [-0.39, 0.29) is 17.6 Å². The second-order valence-corrected chi connectivity index (χ2v) is 6.37. The van der Waals surface area contributed by atoms with Crippen LogP contribution in [0.1, 0.15) is 41.5 Å². The number of carbonyl (C=O) groups excluding carboxylic acids is 1. The van der Waals surface area contributed by atoms with Crippen LogP contribution in [0.4, 0.5) is 10.5 Å². The van der Waals surface area contributed by atoms with E-state index in [1.165, 1.54) is 0 Å². The molecule has 0 saturated carbocycles. The predicted octanol–water partition coefficient (Wildman–Crippen LogP) is 2.26. The van der Waals surface area contributed by atoms with Crippen LogP contribution in [0.25, 0.3) is 0 Å². The van der Waals surface area contributed by atoms with Crippen LogP contribution in [0.15, 0.2) is 12.4 Å². The smallest absolute Gasteiger partial charge is 0.322 e. The number of aliphatic hydroxyl groups excluding tert-OH is 1. The first-order chi connectivity index (χ1) is 9.11. The van der Waals surface area contributed by atoms with Gasteiger partial charge >= 0.3 is 6.03 Å². The number of aliphatic hydroxyl groups is 1. The van der Waals surface area contributed by atoms with Crippen molar-refractivity contribution in [2.75, 3.05) is 11.9 Å². The summed E-state index contributed by atoms with van der Waals surface area (Å²) in [6.45, 7) is 11.9. The minimum Gasteiger partial charge on any atom is -0.392 e. The first kappa shape index (κ1) is 16.5. The zero-order valence-electron chi connectivity index (χ0n) is 13.2. The number of hydrogen-bond acceptors (Lipinski definition) is 3. The molecule has 0 aliphatic carbocycles. The van der Waals surface area contributed by atoms with E-state index < -0.39 is 6.10 Å². The Morgan fingerprint density at radius 1 is 1.45 bits per heavy atom. The van der Waals surface area contributed by atoms with Gasteiger partial charge in [0, 0.05) is 18.8 Å². The Morgan fingerprint density at radius 3 is 2.45 bits per heavy atom. The lowest BCUT2D eigenvalue weighted by Gasteiger charge is -2.27. The van der Waals surface area contributed by atoms with Gasteiger partial charge in [0.1, 0.15) is 0 Å². The SMILES string of the molecule is CC(O)CN(C(=O)Nc1cnn(C(C)(C)C)c1)C(C)C. The maximum atomic E-state index is 12.2. The Labute approximate surface area is 120 Å². The summed E-state index contributed by atoms with van der Waals surface area (Å²) in [5, 5.41) is 16.5. The molecule has 0 aliphatic rings. The Balaban J connectivity index is 2.76. The van der Waals surface area contributed by atoms with Crippen LogP contribution < -0.4 is 5.32 Å². The first-order valence-electron chi connectivity index (χ1n) is 6.92. The van der Waals surface area contributed by atoms with Crippen LogP contribution in [-0.2, 0) is 5.54 Å². The third kappa shape index (κ3) is 4.52. The monoisotopic (exact) mass is 282 g/mol. The van der Waals surface area contributed by atoms with Gasteiger partial charge in [0.05, 0.1) is 23.5 Å². The summed E-state index contributed by atoms with van der Waals surface area (Å²) in [4.78, 5) is 13.8. The van der Waals surface area contributed by atoms with Crippen LogP contribution in [0.5, 0.6) is 0 Å². The fraction of sp³-hybridized carbons (Fsp3) is 0.714. The summed E-state index contributed by atoms with van der Waals surface area (Å²) in [5.41, 5.74) is 0.529. The van der Waals surface area contributed by atoms with Crippen LogP contribution in [0, 0.1) is 0 Å². The average Bonchev–Trinajstić information content (AvgIpc) is 2.73. The quantitative estimate of drug-likeness (QED) is 0.890. The second-order valence-electron chi connectivity index (χ2n) is 6.37. The highest BCUT2D eigenvalue weighted by Gasteiger charge is 2.20. The predicted molar refractivity (Wildman–Crippen MR) is 79.8 cm³/mol. The van der Waals surface area contributed by atoms with Gasteiger partial charge in [0.2, 0.25) is 0 Å². The molecule has 0 radical (unpaired) electrons. The lowest BCUT2D eigenvalue weighted by Crippen LogP contribution is -2.43. The zero-order valence-corrected chi connectivity index (χ0v) is 13.2. The standard InChI is InChI=1S/C14H26N4O2/c1-10(2)17(8-11(3)19)13(20)16-12-7-15-18(9-12)14(4,5)6/h7,9-11,19H,8H2,1-6H3,(H,16,20). The number of aromatic nitrogens is 2. The molecule has 0 bridgehead atoms. The van der Waals surface area contributed by atoms with E-state index in [1.807, 2.05) is 34.6 Å². The Kier molecular flexibility index (Phi) is 5.16. The molecule has 1 rings (SSSR count). The van der Waals surface area contributed by atoms with Crippen LogP contribution in [0.3, 0.4) is 0 Å². The Morgan fingerprint density at radius 2 is 2.05 bits per heavy atom. The molecule has 1 aromatic rings. The molecule has 1 atom stereocenters. The summed E-state index contributed by atoms with van der Waals surface area (Å²) in [5.74, 6) is 0. The van der Waals surface area contributed by atoms with Gasteiger partial charge in [0.15, 0.2) is 0 Å². The van der Waals surface area contributed by atoms with Crippen LogP contribution in [-0.4, -0.2) is 44.5 Å². The highest BCUT2D eigenvalue weighted by Crippen LogP contribution is 2.16. The minimum atomic E-state index is -0.555. The lowest BCUT2D eigenvalue weighted by atomic mass is 10.1. The van der Waals surface area contributed by atoms with Gasteiger partial charge in [-0.1, -0.05) is 0 Å². The van der Waals surface area contributed by atoms with Crippen molar-refractivity contribution in [3.8, 4) is 0 Å². The fourth-order valence-corrected chi connectivity index (χ4v) is 1.76. The van der Waals surface area contributed by atoms with Gasteiger partial charge in [-0.15, -0.1) is 0 Å². The molecule has 0 spiro atoms. The zero-order chi connectivity index (χ0) is 15.5. The van der Waals surface area contributed by atoms with E-state index >= 15 is 0 Å². The van der Waals surface area contributed by atoms with Crippen LogP contribution >= 0.6 is 0 Å². The average molecular weight is 282 g/mol. The molecule has 0 aromatic carbocycles. The molecule has 0 saturated heterocycles. The summed E-state index contributed by atoms with van der Waals surface area (Å²) in [7, 11) is 0. The summed E-state index contributed by atoms with van der Waals surface area (Å²) < 4.78 is 1.80. The number of hydrogen-bond donors (Lipinski definition) is 2. The van der Waals surface area contributed by atoms with Crippen molar-refractivity contribution in [1.29, 1.82) is 0 Å². The van der Waals surface area contributed by atoms with Gasteiger partial charge in [-0.2, -0.15) is 5.10 Å². The highest BCUT2D eigenvalue weighted by molar-refractivity contribution is 5.89. The molecular formula is C14H26N4O2. The maximum Gasteiger partial charge on any atom is 0.322 e.